The van der Waals surface area contributed by atoms with Crippen LogP contribution in [0.3, 0.4) is 0 Å². The van der Waals surface area contributed by atoms with Crippen molar-refractivity contribution in [1.29, 1.82) is 0 Å². The van der Waals surface area contributed by atoms with Gasteiger partial charge in [0.1, 0.15) is 0 Å². The van der Waals surface area contributed by atoms with Crippen molar-refractivity contribution in [3.05, 3.63) is 0 Å². The molecule has 1 aliphatic carbocycles. The number of aliphatic hydroxyl groups is 1. The molecule has 2 rings (SSSR count). The van der Waals surface area contributed by atoms with Crippen LogP contribution in [0, 0.1) is 11.8 Å². The zero-order valence-corrected chi connectivity index (χ0v) is 12.1. The molecule has 5 atom stereocenters. The third-order valence-electron chi connectivity index (χ3n) is 5.16. The molecule has 5 unspecified atom stereocenters. The minimum Gasteiger partial charge on any atom is -0.391 e. The van der Waals surface area contributed by atoms with Crippen LogP contribution >= 0.6 is 0 Å². The van der Waals surface area contributed by atoms with Crippen LogP contribution in [0.4, 0.5) is 0 Å². The molecule has 1 heterocycles. The molecule has 2 fully saturated rings. The third-order valence-corrected chi connectivity index (χ3v) is 5.16. The molecule has 106 valence electrons. The van der Waals surface area contributed by atoms with Crippen molar-refractivity contribution in [3.8, 4) is 0 Å². The Labute approximate surface area is 112 Å². The van der Waals surface area contributed by atoms with E-state index in [9.17, 15) is 5.11 Å². The first-order valence-electron chi connectivity index (χ1n) is 7.60. The maximum Gasteiger partial charge on any atom is 0.0724 e. The van der Waals surface area contributed by atoms with Gasteiger partial charge in [0.05, 0.1) is 12.2 Å². The molecule has 18 heavy (non-hydrogen) atoms. The summed E-state index contributed by atoms with van der Waals surface area (Å²) in [5, 5.41) is 10.3. The number of likely N-dealkylation sites (tertiary alicyclic amines) is 1. The van der Waals surface area contributed by atoms with E-state index in [1.807, 2.05) is 7.11 Å². The van der Waals surface area contributed by atoms with Gasteiger partial charge in [0.15, 0.2) is 0 Å². The van der Waals surface area contributed by atoms with Crippen LogP contribution in [-0.4, -0.2) is 48.5 Å². The lowest BCUT2D eigenvalue weighted by Gasteiger charge is -2.45. The Morgan fingerprint density at radius 3 is 2.72 bits per heavy atom. The van der Waals surface area contributed by atoms with Crippen LogP contribution in [0.15, 0.2) is 0 Å². The summed E-state index contributed by atoms with van der Waals surface area (Å²) in [5.41, 5.74) is 0. The van der Waals surface area contributed by atoms with Gasteiger partial charge < -0.3 is 9.84 Å². The Hall–Kier alpha value is -0.120. The molecule has 3 heteroatoms. The Morgan fingerprint density at radius 2 is 2.06 bits per heavy atom. The molecule has 3 nitrogen and oxygen atoms in total. The van der Waals surface area contributed by atoms with E-state index in [0.717, 1.165) is 25.4 Å². The minimum absolute atomic E-state index is 0.126. The summed E-state index contributed by atoms with van der Waals surface area (Å²) >= 11 is 0. The normalized spacial score (nSPS) is 43.0. The lowest BCUT2D eigenvalue weighted by molar-refractivity contribution is -0.0604. The van der Waals surface area contributed by atoms with Gasteiger partial charge in [0.2, 0.25) is 0 Å². The van der Waals surface area contributed by atoms with Gasteiger partial charge in [-0.15, -0.1) is 0 Å². The second-order valence-electron chi connectivity index (χ2n) is 6.26. The van der Waals surface area contributed by atoms with Crippen LogP contribution < -0.4 is 0 Å². The third kappa shape index (κ3) is 3.06. The average Bonchev–Trinajstić information content (AvgIpc) is 2.40. The van der Waals surface area contributed by atoms with Crippen LogP contribution in [0.5, 0.6) is 0 Å². The van der Waals surface area contributed by atoms with E-state index < -0.39 is 0 Å². The highest BCUT2D eigenvalue weighted by Gasteiger charge is 2.36. The van der Waals surface area contributed by atoms with Crippen molar-refractivity contribution in [2.24, 2.45) is 11.8 Å². The van der Waals surface area contributed by atoms with E-state index in [1.54, 1.807) is 0 Å². The van der Waals surface area contributed by atoms with Gasteiger partial charge in [-0.25, -0.2) is 0 Å². The Bertz CT molecular complexity index is 259. The SMILES string of the molecule is CCC1CCC(O)C(N2CCC(C)C(OC)C2)C1. The van der Waals surface area contributed by atoms with E-state index in [4.69, 9.17) is 4.74 Å². The highest BCUT2D eigenvalue weighted by molar-refractivity contribution is 4.90. The van der Waals surface area contributed by atoms with Crippen LogP contribution in [0.1, 0.15) is 46.0 Å². The quantitative estimate of drug-likeness (QED) is 0.840. The van der Waals surface area contributed by atoms with E-state index in [-0.39, 0.29) is 6.10 Å². The summed E-state index contributed by atoms with van der Waals surface area (Å²) < 4.78 is 5.59. The fourth-order valence-electron chi connectivity index (χ4n) is 3.64. The van der Waals surface area contributed by atoms with Crippen molar-refractivity contribution in [3.63, 3.8) is 0 Å². The topological polar surface area (TPSA) is 32.7 Å². The van der Waals surface area contributed by atoms with Gasteiger partial charge in [-0.2, -0.15) is 0 Å². The van der Waals surface area contributed by atoms with Gasteiger partial charge in [0, 0.05) is 19.7 Å². The van der Waals surface area contributed by atoms with Crippen LogP contribution in [0.25, 0.3) is 0 Å². The Morgan fingerprint density at radius 1 is 1.28 bits per heavy atom. The second-order valence-corrected chi connectivity index (χ2v) is 6.26. The molecule has 1 saturated heterocycles. The predicted octanol–water partition coefficient (Wildman–Crippen LogP) is 2.28. The highest BCUT2D eigenvalue weighted by Crippen LogP contribution is 2.32. The van der Waals surface area contributed by atoms with Gasteiger partial charge in [-0.05, 0) is 44.1 Å². The molecule has 0 aromatic rings. The largest absolute Gasteiger partial charge is 0.391 e. The zero-order chi connectivity index (χ0) is 13.1. The first-order valence-corrected chi connectivity index (χ1v) is 7.60. The molecule has 0 spiro atoms. The zero-order valence-electron chi connectivity index (χ0n) is 12.1. The second kappa shape index (κ2) is 6.36. The summed E-state index contributed by atoms with van der Waals surface area (Å²) in [6, 6.07) is 0.369. The molecule has 1 saturated carbocycles. The van der Waals surface area contributed by atoms with Gasteiger partial charge in [-0.1, -0.05) is 20.3 Å². The monoisotopic (exact) mass is 255 g/mol. The standard InChI is InChI=1S/C15H29NO2/c1-4-12-5-6-14(17)13(9-12)16-8-7-11(2)15(10-16)18-3/h11-15,17H,4-10H2,1-3H3. The molecule has 2 aliphatic rings. The fourth-order valence-corrected chi connectivity index (χ4v) is 3.64. The fraction of sp³-hybridized carbons (Fsp3) is 1.00. The lowest BCUT2D eigenvalue weighted by Crippen LogP contribution is -2.54. The number of rotatable bonds is 3. The van der Waals surface area contributed by atoms with Gasteiger partial charge >= 0.3 is 0 Å². The molecule has 0 aromatic heterocycles. The van der Waals surface area contributed by atoms with Crippen molar-refractivity contribution < 1.29 is 9.84 Å². The average molecular weight is 255 g/mol. The van der Waals surface area contributed by atoms with E-state index in [0.29, 0.717) is 18.1 Å². The van der Waals surface area contributed by atoms with E-state index >= 15 is 0 Å². The summed E-state index contributed by atoms with van der Waals surface area (Å²) in [7, 11) is 1.82. The summed E-state index contributed by atoms with van der Waals surface area (Å²) in [5.74, 6) is 1.45. The van der Waals surface area contributed by atoms with Crippen molar-refractivity contribution in [2.45, 2.75) is 64.2 Å². The maximum absolute atomic E-state index is 10.3. The van der Waals surface area contributed by atoms with Crippen molar-refractivity contribution >= 4 is 0 Å². The van der Waals surface area contributed by atoms with E-state index in [1.165, 1.54) is 25.7 Å². The molecule has 1 aliphatic heterocycles. The minimum atomic E-state index is -0.126. The van der Waals surface area contributed by atoms with Crippen LogP contribution in [0.2, 0.25) is 0 Å². The molecular formula is C15H29NO2. The molecule has 0 amide bonds. The first kappa shape index (κ1) is 14.3. The summed E-state index contributed by atoms with van der Waals surface area (Å²) in [6.45, 7) is 6.67. The first-order chi connectivity index (χ1) is 8.65. The van der Waals surface area contributed by atoms with E-state index in [2.05, 4.69) is 18.7 Å². The molecule has 0 radical (unpaired) electrons. The number of ether oxygens (including phenoxy) is 1. The number of methoxy groups -OCH3 is 1. The number of aliphatic hydroxyl groups excluding tert-OH is 1. The lowest BCUT2D eigenvalue weighted by atomic mass is 9.80. The number of hydrogen-bond donors (Lipinski definition) is 1. The van der Waals surface area contributed by atoms with Gasteiger partial charge in [0.25, 0.3) is 0 Å². The predicted molar refractivity (Wildman–Crippen MR) is 73.6 cm³/mol. The van der Waals surface area contributed by atoms with Crippen LogP contribution in [-0.2, 0) is 4.74 Å². The highest BCUT2D eigenvalue weighted by atomic mass is 16.5. The Kier molecular flexibility index (Phi) is 5.05. The molecule has 1 N–H and O–H groups in total. The Balaban J connectivity index is 1.96. The maximum atomic E-state index is 10.3. The van der Waals surface area contributed by atoms with Crippen molar-refractivity contribution in [2.75, 3.05) is 20.2 Å². The number of hydrogen-bond acceptors (Lipinski definition) is 3. The van der Waals surface area contributed by atoms with Crippen molar-refractivity contribution in [1.82, 2.24) is 4.90 Å². The summed E-state index contributed by atoms with van der Waals surface area (Å²) in [6.07, 6.45) is 6.01. The summed E-state index contributed by atoms with van der Waals surface area (Å²) in [4.78, 5) is 2.49. The number of piperidine rings is 1. The smallest absolute Gasteiger partial charge is 0.0724 e. The molecule has 0 aromatic carbocycles. The molecule has 0 bridgehead atoms. The molecular weight excluding hydrogens is 226 g/mol. The van der Waals surface area contributed by atoms with Gasteiger partial charge in [-0.3, -0.25) is 4.90 Å². The number of nitrogens with zero attached hydrogens (tertiary/aromatic N) is 1.